The van der Waals surface area contributed by atoms with Crippen molar-refractivity contribution in [1.82, 2.24) is 19.9 Å². The number of hydrogen-bond acceptors (Lipinski definition) is 7. The predicted octanol–water partition coefficient (Wildman–Crippen LogP) is 0.962. The molecular formula is C12H23N5O2. The van der Waals surface area contributed by atoms with Crippen LogP contribution in [0.15, 0.2) is 0 Å². The maximum Gasteiger partial charge on any atom is 0.324 e. The minimum Gasteiger partial charge on any atom is -0.463 e. The highest BCUT2D eigenvalue weighted by atomic mass is 16.5. The lowest BCUT2D eigenvalue weighted by atomic mass is 10.1. The van der Waals surface area contributed by atoms with Crippen molar-refractivity contribution in [2.45, 2.75) is 32.7 Å². The van der Waals surface area contributed by atoms with E-state index in [-0.39, 0.29) is 23.5 Å². The molecule has 7 nitrogen and oxygen atoms in total. The summed E-state index contributed by atoms with van der Waals surface area (Å²) in [5, 5.41) is 0. The molecule has 2 N–H and O–H groups in total. The van der Waals surface area contributed by atoms with Gasteiger partial charge in [-0.05, 0) is 34.4 Å². The van der Waals surface area contributed by atoms with Gasteiger partial charge in [0.25, 0.3) is 0 Å². The molecule has 0 atom stereocenters. The molecule has 0 bridgehead atoms. The van der Waals surface area contributed by atoms with E-state index < -0.39 is 0 Å². The van der Waals surface area contributed by atoms with Crippen LogP contribution in [0, 0.1) is 0 Å². The minimum absolute atomic E-state index is 0.0961. The lowest BCUT2D eigenvalue weighted by molar-refractivity contribution is 0.107. The maximum absolute atomic E-state index is 5.60. The number of likely N-dealkylation sites (N-methyl/N-ethyl adjacent to an activating group) is 1. The van der Waals surface area contributed by atoms with Crippen LogP contribution in [-0.4, -0.2) is 52.7 Å². The Morgan fingerprint density at radius 3 is 2.21 bits per heavy atom. The summed E-state index contributed by atoms with van der Waals surface area (Å²) in [6.45, 7) is 7.10. The van der Waals surface area contributed by atoms with Crippen LogP contribution in [0.3, 0.4) is 0 Å². The van der Waals surface area contributed by atoms with Crippen molar-refractivity contribution in [3.05, 3.63) is 0 Å². The van der Waals surface area contributed by atoms with Gasteiger partial charge in [0.15, 0.2) is 0 Å². The van der Waals surface area contributed by atoms with E-state index in [0.29, 0.717) is 13.2 Å². The van der Waals surface area contributed by atoms with E-state index in [1.165, 1.54) is 0 Å². The van der Waals surface area contributed by atoms with Crippen molar-refractivity contribution >= 4 is 5.95 Å². The maximum atomic E-state index is 5.60. The third-order valence-corrected chi connectivity index (χ3v) is 2.81. The molecule has 7 heteroatoms. The molecule has 0 saturated carbocycles. The molecule has 0 spiro atoms. The van der Waals surface area contributed by atoms with Gasteiger partial charge in [0.05, 0.1) is 6.61 Å². The molecule has 0 amide bonds. The van der Waals surface area contributed by atoms with E-state index in [2.05, 4.69) is 33.7 Å². The van der Waals surface area contributed by atoms with E-state index in [4.69, 9.17) is 15.2 Å². The Labute approximate surface area is 114 Å². The number of hydrogen-bond donors (Lipinski definition) is 1. The van der Waals surface area contributed by atoms with Crippen molar-refractivity contribution in [2.75, 3.05) is 33.0 Å². The molecule has 0 aliphatic carbocycles. The van der Waals surface area contributed by atoms with E-state index in [9.17, 15) is 0 Å². The molecule has 0 fully saturated rings. The third-order valence-electron chi connectivity index (χ3n) is 2.81. The average Bonchev–Trinajstić information content (AvgIpc) is 2.33. The molecule has 1 heterocycles. The SMILES string of the molecule is CCCOc1nc(N)nc(OCC(C)(C)N(C)C)n1. The molecule has 0 unspecified atom stereocenters. The van der Waals surface area contributed by atoms with Crippen molar-refractivity contribution < 1.29 is 9.47 Å². The van der Waals surface area contributed by atoms with Crippen LogP contribution in [0.1, 0.15) is 27.2 Å². The van der Waals surface area contributed by atoms with Crippen LogP contribution in [-0.2, 0) is 0 Å². The summed E-state index contributed by atoms with van der Waals surface area (Å²) >= 11 is 0. The largest absolute Gasteiger partial charge is 0.463 e. The van der Waals surface area contributed by atoms with Crippen molar-refractivity contribution in [1.29, 1.82) is 0 Å². The first-order chi connectivity index (χ1) is 8.85. The van der Waals surface area contributed by atoms with Crippen LogP contribution in [0.2, 0.25) is 0 Å². The summed E-state index contributed by atoms with van der Waals surface area (Å²) in [5.74, 6) is 0.0961. The van der Waals surface area contributed by atoms with Crippen LogP contribution in [0.25, 0.3) is 0 Å². The first-order valence-corrected chi connectivity index (χ1v) is 6.29. The first-order valence-electron chi connectivity index (χ1n) is 6.29. The molecule has 1 aromatic heterocycles. The van der Waals surface area contributed by atoms with E-state index in [0.717, 1.165) is 6.42 Å². The highest BCUT2D eigenvalue weighted by Gasteiger charge is 2.22. The first kappa shape index (κ1) is 15.4. The minimum atomic E-state index is -0.133. The van der Waals surface area contributed by atoms with E-state index in [1.807, 2.05) is 21.0 Å². The summed E-state index contributed by atoms with van der Waals surface area (Å²) in [7, 11) is 3.97. The topological polar surface area (TPSA) is 86.4 Å². The number of nitrogens with zero attached hydrogens (tertiary/aromatic N) is 4. The van der Waals surface area contributed by atoms with Gasteiger partial charge in [0.1, 0.15) is 6.61 Å². The molecule has 1 aromatic rings. The fourth-order valence-corrected chi connectivity index (χ4v) is 1.05. The van der Waals surface area contributed by atoms with Crippen molar-refractivity contribution in [3.63, 3.8) is 0 Å². The highest BCUT2D eigenvalue weighted by Crippen LogP contribution is 2.15. The normalized spacial score (nSPS) is 11.7. The lowest BCUT2D eigenvalue weighted by Crippen LogP contribution is -2.43. The van der Waals surface area contributed by atoms with Crippen LogP contribution < -0.4 is 15.2 Å². The number of aromatic nitrogens is 3. The Bertz CT molecular complexity index is 409. The van der Waals surface area contributed by atoms with Gasteiger partial charge in [0.2, 0.25) is 5.95 Å². The van der Waals surface area contributed by atoms with Gasteiger partial charge in [-0.25, -0.2) is 0 Å². The molecule has 108 valence electrons. The molecular weight excluding hydrogens is 246 g/mol. The second-order valence-electron chi connectivity index (χ2n) is 5.10. The summed E-state index contributed by atoms with van der Waals surface area (Å²) in [4.78, 5) is 14.0. The fraction of sp³-hybridized carbons (Fsp3) is 0.750. The Hall–Kier alpha value is -1.63. The smallest absolute Gasteiger partial charge is 0.324 e. The van der Waals surface area contributed by atoms with Gasteiger partial charge < -0.3 is 20.1 Å². The lowest BCUT2D eigenvalue weighted by Gasteiger charge is -2.31. The Balaban J connectivity index is 2.70. The van der Waals surface area contributed by atoms with Gasteiger partial charge in [-0.15, -0.1) is 4.98 Å². The number of rotatable bonds is 7. The molecule has 0 saturated heterocycles. The van der Waals surface area contributed by atoms with Gasteiger partial charge in [-0.1, -0.05) is 6.92 Å². The Kier molecular flexibility index (Phi) is 5.29. The molecule has 0 aliphatic heterocycles. The Morgan fingerprint density at radius 1 is 1.11 bits per heavy atom. The zero-order valence-corrected chi connectivity index (χ0v) is 12.3. The molecule has 19 heavy (non-hydrogen) atoms. The highest BCUT2D eigenvalue weighted by molar-refractivity contribution is 5.20. The fourth-order valence-electron chi connectivity index (χ4n) is 1.05. The number of ether oxygens (including phenoxy) is 2. The average molecular weight is 269 g/mol. The van der Waals surface area contributed by atoms with E-state index >= 15 is 0 Å². The number of nitrogen functional groups attached to an aromatic ring is 1. The predicted molar refractivity (Wildman–Crippen MR) is 73.3 cm³/mol. The summed E-state index contributed by atoms with van der Waals surface area (Å²) in [5.41, 5.74) is 5.46. The summed E-state index contributed by atoms with van der Waals surface area (Å²) in [6.07, 6.45) is 0.870. The van der Waals surface area contributed by atoms with Gasteiger partial charge in [0, 0.05) is 5.54 Å². The van der Waals surface area contributed by atoms with Gasteiger partial charge in [-0.3, -0.25) is 0 Å². The second-order valence-corrected chi connectivity index (χ2v) is 5.10. The quantitative estimate of drug-likeness (QED) is 0.789. The zero-order valence-electron chi connectivity index (χ0n) is 12.3. The molecule has 0 radical (unpaired) electrons. The molecule has 0 aromatic carbocycles. The van der Waals surface area contributed by atoms with Crippen LogP contribution in [0.4, 0.5) is 5.95 Å². The number of nitrogens with two attached hydrogens (primary N) is 1. The van der Waals surface area contributed by atoms with Gasteiger partial charge >= 0.3 is 12.0 Å². The summed E-state index contributed by atoms with van der Waals surface area (Å²) < 4.78 is 10.9. The summed E-state index contributed by atoms with van der Waals surface area (Å²) in [6, 6.07) is 0.389. The van der Waals surface area contributed by atoms with Crippen LogP contribution in [0.5, 0.6) is 12.0 Å². The third kappa shape index (κ3) is 4.86. The zero-order chi connectivity index (χ0) is 14.5. The Morgan fingerprint density at radius 2 is 1.68 bits per heavy atom. The van der Waals surface area contributed by atoms with Gasteiger partial charge in [-0.2, -0.15) is 9.97 Å². The molecule has 1 rings (SSSR count). The molecule has 0 aliphatic rings. The monoisotopic (exact) mass is 269 g/mol. The standard InChI is InChI=1S/C12H23N5O2/c1-6-7-18-10-14-9(13)15-11(16-10)19-8-12(2,3)17(4)5/h6-8H2,1-5H3,(H2,13,14,15,16). The van der Waals surface area contributed by atoms with E-state index in [1.54, 1.807) is 0 Å². The van der Waals surface area contributed by atoms with Crippen molar-refractivity contribution in [3.8, 4) is 12.0 Å². The van der Waals surface area contributed by atoms with Crippen LogP contribution >= 0.6 is 0 Å². The second kappa shape index (κ2) is 6.51. The van der Waals surface area contributed by atoms with Crippen molar-refractivity contribution in [2.24, 2.45) is 0 Å². The number of anilines is 1.